The quantitative estimate of drug-likeness (QED) is 0.482. The molecule has 1 aromatic heterocycles. The van der Waals surface area contributed by atoms with E-state index in [2.05, 4.69) is 15.3 Å². The molecule has 2 aliphatic rings. The van der Waals surface area contributed by atoms with E-state index >= 15 is 0 Å². The van der Waals surface area contributed by atoms with Crippen molar-refractivity contribution in [2.24, 2.45) is 16.6 Å². The van der Waals surface area contributed by atoms with Gasteiger partial charge in [0, 0.05) is 17.7 Å². The van der Waals surface area contributed by atoms with Crippen molar-refractivity contribution in [1.82, 2.24) is 14.9 Å². The molecular formula is C12H17N5O4. The van der Waals surface area contributed by atoms with Crippen LogP contribution in [0.3, 0.4) is 0 Å². The van der Waals surface area contributed by atoms with E-state index in [4.69, 9.17) is 10.5 Å². The number of aliphatic imine (C=N–C) groups is 1. The second-order valence-corrected chi connectivity index (χ2v) is 5.27. The molecule has 5 N–H and O–H groups in total. The highest BCUT2D eigenvalue weighted by molar-refractivity contribution is 5.79. The summed E-state index contributed by atoms with van der Waals surface area (Å²) in [5.41, 5.74) is 5.14. The highest BCUT2D eigenvalue weighted by atomic mass is 16.5. The summed E-state index contributed by atoms with van der Waals surface area (Å²) in [5, 5.41) is 12.4. The third kappa shape index (κ3) is 2.24. The van der Waals surface area contributed by atoms with Crippen LogP contribution in [0.5, 0.6) is 0 Å². The average Bonchev–Trinajstić information content (AvgIpc) is 2.75. The SMILES string of the molecule is Cc1cc(=O)n([C@@H]2O[C@H](CO)C3CN=C(N)NC32)c(=O)[nH]1. The number of nitrogens with two attached hydrogens (primary N) is 1. The van der Waals surface area contributed by atoms with Crippen LogP contribution in [0, 0.1) is 12.8 Å². The maximum atomic E-state index is 12.1. The number of aliphatic hydroxyl groups is 1. The standard InChI is InChI=1S/C12H17N5O4/c1-5-2-8(19)17(12(20)15-5)10-9-6(7(4-18)21-10)3-14-11(13)16-9/h2,6-7,9-10,18H,3-4H2,1H3,(H,15,20)(H3,13,14,16)/t6?,7-,9?,10-/m1/s1. The molecule has 1 saturated heterocycles. The first-order valence-corrected chi connectivity index (χ1v) is 6.66. The summed E-state index contributed by atoms with van der Waals surface area (Å²) >= 11 is 0. The zero-order chi connectivity index (χ0) is 15.1. The van der Waals surface area contributed by atoms with E-state index in [1.54, 1.807) is 6.92 Å². The van der Waals surface area contributed by atoms with Crippen molar-refractivity contribution in [2.45, 2.75) is 25.3 Å². The van der Waals surface area contributed by atoms with Gasteiger partial charge in [-0.25, -0.2) is 9.36 Å². The molecule has 21 heavy (non-hydrogen) atoms. The van der Waals surface area contributed by atoms with Gasteiger partial charge in [0.05, 0.1) is 25.3 Å². The normalized spacial score (nSPS) is 31.4. The molecule has 9 nitrogen and oxygen atoms in total. The molecule has 3 rings (SSSR count). The van der Waals surface area contributed by atoms with Crippen LogP contribution in [-0.2, 0) is 4.74 Å². The number of aliphatic hydroxyl groups excluding tert-OH is 1. The Hall–Kier alpha value is -2.13. The van der Waals surface area contributed by atoms with Gasteiger partial charge in [-0.3, -0.25) is 9.79 Å². The van der Waals surface area contributed by atoms with Crippen LogP contribution >= 0.6 is 0 Å². The predicted molar refractivity (Wildman–Crippen MR) is 74.0 cm³/mol. The van der Waals surface area contributed by atoms with Crippen molar-refractivity contribution >= 4 is 5.96 Å². The number of nitrogens with one attached hydrogen (secondary N) is 2. The lowest BCUT2D eigenvalue weighted by molar-refractivity contribution is -0.0359. The molecule has 0 amide bonds. The minimum Gasteiger partial charge on any atom is -0.394 e. The molecule has 0 spiro atoms. The molecule has 0 aliphatic carbocycles. The summed E-state index contributed by atoms with van der Waals surface area (Å²) in [6.45, 7) is 1.79. The number of hydrogen-bond donors (Lipinski definition) is 4. The van der Waals surface area contributed by atoms with Gasteiger partial charge >= 0.3 is 5.69 Å². The van der Waals surface area contributed by atoms with E-state index in [9.17, 15) is 14.7 Å². The molecular weight excluding hydrogens is 278 g/mol. The molecule has 3 heterocycles. The molecule has 1 aromatic rings. The van der Waals surface area contributed by atoms with Crippen molar-refractivity contribution in [3.63, 3.8) is 0 Å². The maximum Gasteiger partial charge on any atom is 0.330 e. The maximum absolute atomic E-state index is 12.1. The number of guanidine groups is 1. The van der Waals surface area contributed by atoms with Crippen LogP contribution in [0.1, 0.15) is 11.9 Å². The van der Waals surface area contributed by atoms with Gasteiger partial charge in [0.2, 0.25) is 0 Å². The van der Waals surface area contributed by atoms with Crippen molar-refractivity contribution in [3.8, 4) is 0 Å². The molecule has 114 valence electrons. The topological polar surface area (TPSA) is 135 Å². The van der Waals surface area contributed by atoms with Crippen LogP contribution in [0.25, 0.3) is 0 Å². The molecule has 0 bridgehead atoms. The molecule has 9 heteroatoms. The monoisotopic (exact) mass is 295 g/mol. The van der Waals surface area contributed by atoms with Gasteiger partial charge in [-0.05, 0) is 6.92 Å². The van der Waals surface area contributed by atoms with Gasteiger partial charge < -0.3 is 25.9 Å². The Morgan fingerprint density at radius 2 is 2.33 bits per heavy atom. The first-order valence-electron chi connectivity index (χ1n) is 6.66. The van der Waals surface area contributed by atoms with Gasteiger partial charge in [0.1, 0.15) is 0 Å². The predicted octanol–water partition coefficient (Wildman–Crippen LogP) is -2.36. The molecule has 0 aromatic carbocycles. The summed E-state index contributed by atoms with van der Waals surface area (Å²) in [6.07, 6.45) is -1.34. The van der Waals surface area contributed by atoms with Crippen molar-refractivity contribution in [3.05, 3.63) is 32.6 Å². The molecule has 4 atom stereocenters. The molecule has 0 saturated carbocycles. The Morgan fingerprint density at radius 1 is 1.57 bits per heavy atom. The Labute approximate surface area is 119 Å². The largest absolute Gasteiger partial charge is 0.394 e. The lowest BCUT2D eigenvalue weighted by Gasteiger charge is -2.28. The lowest BCUT2D eigenvalue weighted by Crippen LogP contribution is -2.53. The summed E-state index contributed by atoms with van der Waals surface area (Å²) in [7, 11) is 0. The summed E-state index contributed by atoms with van der Waals surface area (Å²) in [6, 6.07) is 0.938. The number of fused-ring (bicyclic) bond motifs is 1. The zero-order valence-electron chi connectivity index (χ0n) is 11.4. The second kappa shape index (κ2) is 5.01. The molecule has 1 fully saturated rings. The number of H-pyrrole nitrogens is 1. The third-order valence-electron chi connectivity index (χ3n) is 3.88. The summed E-state index contributed by atoms with van der Waals surface area (Å²) in [4.78, 5) is 30.8. The van der Waals surface area contributed by atoms with Crippen LogP contribution in [0.2, 0.25) is 0 Å². The Bertz CT molecular complexity index is 662. The van der Waals surface area contributed by atoms with E-state index in [0.717, 1.165) is 4.57 Å². The van der Waals surface area contributed by atoms with Crippen LogP contribution in [0.15, 0.2) is 20.6 Å². The zero-order valence-corrected chi connectivity index (χ0v) is 11.4. The van der Waals surface area contributed by atoms with Gasteiger partial charge in [-0.1, -0.05) is 0 Å². The fourth-order valence-corrected chi connectivity index (χ4v) is 2.90. The highest BCUT2D eigenvalue weighted by Gasteiger charge is 2.47. The Kier molecular flexibility index (Phi) is 3.30. The average molecular weight is 295 g/mol. The van der Waals surface area contributed by atoms with E-state index in [-0.39, 0.29) is 24.5 Å². The Balaban J connectivity index is 2.05. The minimum atomic E-state index is -0.835. The summed E-state index contributed by atoms with van der Waals surface area (Å²) < 4.78 is 6.70. The molecule has 2 aliphatic heterocycles. The second-order valence-electron chi connectivity index (χ2n) is 5.27. The first kappa shape index (κ1) is 13.8. The number of rotatable bonds is 2. The van der Waals surface area contributed by atoms with E-state index in [1.165, 1.54) is 6.07 Å². The number of aryl methyl sites for hydroxylation is 1. The minimum absolute atomic E-state index is 0.153. The van der Waals surface area contributed by atoms with E-state index in [1.807, 2.05) is 0 Å². The van der Waals surface area contributed by atoms with Gasteiger partial charge in [-0.2, -0.15) is 0 Å². The number of hydrogen-bond acceptors (Lipinski definition) is 7. The van der Waals surface area contributed by atoms with Crippen molar-refractivity contribution in [1.29, 1.82) is 0 Å². The summed E-state index contributed by atoms with van der Waals surface area (Å²) in [5.74, 6) is 0.0833. The Morgan fingerprint density at radius 3 is 3.00 bits per heavy atom. The molecule has 0 radical (unpaired) electrons. The highest BCUT2D eigenvalue weighted by Crippen LogP contribution is 2.34. The number of ether oxygens (including phenoxy) is 1. The van der Waals surface area contributed by atoms with Crippen LogP contribution in [-0.4, -0.2) is 45.9 Å². The fourth-order valence-electron chi connectivity index (χ4n) is 2.90. The fraction of sp³-hybridized carbons (Fsp3) is 0.583. The smallest absolute Gasteiger partial charge is 0.330 e. The third-order valence-corrected chi connectivity index (χ3v) is 3.88. The number of aromatic amines is 1. The number of aromatic nitrogens is 2. The number of nitrogens with zero attached hydrogens (tertiary/aromatic N) is 2. The van der Waals surface area contributed by atoms with Gasteiger partial charge in [-0.15, -0.1) is 0 Å². The van der Waals surface area contributed by atoms with E-state index in [0.29, 0.717) is 12.2 Å². The van der Waals surface area contributed by atoms with Gasteiger partial charge in [0.25, 0.3) is 5.56 Å². The lowest BCUT2D eigenvalue weighted by atomic mass is 9.95. The van der Waals surface area contributed by atoms with Gasteiger partial charge in [0.15, 0.2) is 12.2 Å². The van der Waals surface area contributed by atoms with E-state index < -0.39 is 23.6 Å². The first-order chi connectivity index (χ1) is 10.0. The molecule has 2 unspecified atom stereocenters. The van der Waals surface area contributed by atoms with Crippen molar-refractivity contribution in [2.75, 3.05) is 13.2 Å². The van der Waals surface area contributed by atoms with Crippen molar-refractivity contribution < 1.29 is 9.84 Å². The van der Waals surface area contributed by atoms with Crippen LogP contribution < -0.4 is 22.3 Å². The van der Waals surface area contributed by atoms with Crippen LogP contribution in [0.4, 0.5) is 0 Å².